The minimum Gasteiger partial charge on any atom is -0.418 e. The maximum atomic E-state index is 5.78. The van der Waals surface area contributed by atoms with Crippen LogP contribution in [0.4, 0.5) is 0 Å². The molecule has 0 bridgehead atoms. The van der Waals surface area contributed by atoms with Crippen molar-refractivity contribution < 1.29 is 4.42 Å². The molecule has 0 spiro atoms. The van der Waals surface area contributed by atoms with Crippen LogP contribution in [-0.2, 0) is 20.1 Å². The Bertz CT molecular complexity index is 773. The van der Waals surface area contributed by atoms with Crippen molar-refractivity contribution in [2.24, 2.45) is 7.05 Å². The lowest BCUT2D eigenvalue weighted by molar-refractivity contribution is 0.282. The van der Waals surface area contributed by atoms with Crippen LogP contribution in [-0.4, -0.2) is 31.7 Å². The van der Waals surface area contributed by atoms with Gasteiger partial charge >= 0.3 is 0 Å². The molecule has 0 radical (unpaired) electrons. The van der Waals surface area contributed by atoms with E-state index in [0.29, 0.717) is 18.3 Å². The van der Waals surface area contributed by atoms with Crippen LogP contribution in [0.3, 0.4) is 0 Å². The maximum Gasteiger partial charge on any atom is 0.264 e. The zero-order valence-corrected chi connectivity index (χ0v) is 14.0. The zero-order valence-electron chi connectivity index (χ0n) is 13.2. The molecule has 0 fully saturated rings. The summed E-state index contributed by atoms with van der Waals surface area (Å²) in [5.74, 6) is 1.17. The van der Waals surface area contributed by atoms with Crippen molar-refractivity contribution in [3.8, 4) is 11.6 Å². The summed E-state index contributed by atoms with van der Waals surface area (Å²) in [4.78, 5) is 6.58. The Labute approximate surface area is 133 Å². The van der Waals surface area contributed by atoms with E-state index >= 15 is 0 Å². The van der Waals surface area contributed by atoms with Gasteiger partial charge in [0, 0.05) is 23.8 Å². The number of thiazole rings is 1. The molecule has 116 valence electrons. The van der Waals surface area contributed by atoms with Crippen molar-refractivity contribution in [3.63, 3.8) is 0 Å². The molecule has 22 heavy (non-hydrogen) atoms. The average molecular weight is 317 g/mol. The van der Waals surface area contributed by atoms with Gasteiger partial charge in [-0.3, -0.25) is 4.90 Å². The summed E-state index contributed by atoms with van der Waals surface area (Å²) >= 11 is 1.67. The van der Waals surface area contributed by atoms with Gasteiger partial charge in [-0.05, 0) is 33.0 Å². The van der Waals surface area contributed by atoms with Crippen molar-refractivity contribution in [2.75, 3.05) is 7.05 Å². The summed E-state index contributed by atoms with van der Waals surface area (Å²) in [5.41, 5.74) is 3.16. The fourth-order valence-electron chi connectivity index (χ4n) is 2.24. The van der Waals surface area contributed by atoms with Gasteiger partial charge in [-0.1, -0.05) is 0 Å². The fraction of sp³-hybridized carbons (Fsp3) is 0.400. The molecule has 6 nitrogen and oxygen atoms in total. The van der Waals surface area contributed by atoms with Crippen molar-refractivity contribution in [1.29, 1.82) is 0 Å². The predicted molar refractivity (Wildman–Crippen MR) is 85.5 cm³/mol. The largest absolute Gasteiger partial charge is 0.418 e. The van der Waals surface area contributed by atoms with Gasteiger partial charge in [-0.2, -0.15) is 0 Å². The molecule has 7 heteroatoms. The summed E-state index contributed by atoms with van der Waals surface area (Å²) in [7, 11) is 4.01. The number of rotatable bonds is 5. The number of nitrogens with zero attached hydrogens (tertiary/aromatic N) is 5. The minimum atomic E-state index is 0.559. The molecular formula is C15H19N5OS. The SMILES string of the molecule is Cc1csc(CN(C)Cc2nnc(-c3ccc(C)n3C)o2)n1. The normalized spacial score (nSPS) is 11.5. The van der Waals surface area contributed by atoms with E-state index < -0.39 is 0 Å². The second-order valence-corrected chi connectivity index (χ2v) is 6.42. The van der Waals surface area contributed by atoms with Crippen LogP contribution in [0.25, 0.3) is 11.6 Å². The Morgan fingerprint density at radius 2 is 2.05 bits per heavy atom. The molecule has 0 atom stereocenters. The summed E-state index contributed by atoms with van der Waals surface area (Å²) in [6, 6.07) is 4.03. The van der Waals surface area contributed by atoms with Crippen LogP contribution < -0.4 is 0 Å². The van der Waals surface area contributed by atoms with Crippen molar-refractivity contribution in [1.82, 2.24) is 24.6 Å². The molecule has 0 aromatic carbocycles. The molecule has 3 heterocycles. The minimum absolute atomic E-state index is 0.559. The Morgan fingerprint density at radius 1 is 1.23 bits per heavy atom. The Balaban J connectivity index is 1.67. The van der Waals surface area contributed by atoms with E-state index in [-0.39, 0.29) is 0 Å². The third-order valence-corrected chi connectivity index (χ3v) is 4.49. The van der Waals surface area contributed by atoms with Gasteiger partial charge in [0.1, 0.15) is 10.7 Å². The topological polar surface area (TPSA) is 60.0 Å². The van der Waals surface area contributed by atoms with Gasteiger partial charge in [-0.25, -0.2) is 4.98 Å². The van der Waals surface area contributed by atoms with Crippen molar-refractivity contribution in [3.05, 3.63) is 39.8 Å². The van der Waals surface area contributed by atoms with Gasteiger partial charge in [-0.15, -0.1) is 21.5 Å². The predicted octanol–water partition coefficient (Wildman–Crippen LogP) is 2.78. The molecule has 0 aliphatic rings. The highest BCUT2D eigenvalue weighted by atomic mass is 32.1. The van der Waals surface area contributed by atoms with Gasteiger partial charge in [0.2, 0.25) is 5.89 Å². The van der Waals surface area contributed by atoms with Gasteiger partial charge in [0.05, 0.1) is 13.1 Å². The van der Waals surface area contributed by atoms with Gasteiger partial charge in [0.25, 0.3) is 5.89 Å². The third kappa shape index (κ3) is 3.10. The van der Waals surface area contributed by atoms with E-state index in [4.69, 9.17) is 4.42 Å². The molecule has 0 aliphatic carbocycles. The first-order chi connectivity index (χ1) is 10.5. The molecule has 0 amide bonds. The number of aromatic nitrogens is 4. The molecule has 0 aliphatic heterocycles. The number of aryl methyl sites for hydroxylation is 2. The van der Waals surface area contributed by atoms with Gasteiger partial charge in [0.15, 0.2) is 0 Å². The highest BCUT2D eigenvalue weighted by Crippen LogP contribution is 2.20. The summed E-state index contributed by atoms with van der Waals surface area (Å²) < 4.78 is 7.82. The first kappa shape index (κ1) is 14.9. The first-order valence-corrected chi connectivity index (χ1v) is 7.95. The average Bonchev–Trinajstić information content (AvgIpc) is 3.14. The summed E-state index contributed by atoms with van der Waals surface area (Å²) in [6.45, 7) is 5.44. The molecular weight excluding hydrogens is 298 g/mol. The molecule has 3 rings (SSSR count). The fourth-order valence-corrected chi connectivity index (χ4v) is 3.09. The van der Waals surface area contributed by atoms with Crippen LogP contribution in [0.1, 0.15) is 22.3 Å². The Kier molecular flexibility index (Phi) is 4.08. The molecule has 0 unspecified atom stereocenters. The van der Waals surface area contributed by atoms with Crippen LogP contribution >= 0.6 is 11.3 Å². The van der Waals surface area contributed by atoms with Crippen molar-refractivity contribution >= 4 is 11.3 Å². The van der Waals surface area contributed by atoms with E-state index in [9.17, 15) is 0 Å². The van der Waals surface area contributed by atoms with E-state index in [1.165, 1.54) is 0 Å². The quantitative estimate of drug-likeness (QED) is 0.724. The monoisotopic (exact) mass is 317 g/mol. The molecule has 3 aromatic heterocycles. The second-order valence-electron chi connectivity index (χ2n) is 5.47. The molecule has 0 N–H and O–H groups in total. The Morgan fingerprint density at radius 3 is 2.68 bits per heavy atom. The van der Waals surface area contributed by atoms with Crippen LogP contribution in [0.15, 0.2) is 21.9 Å². The maximum absolute atomic E-state index is 5.78. The first-order valence-electron chi connectivity index (χ1n) is 7.07. The lowest BCUT2D eigenvalue weighted by Gasteiger charge is -2.11. The van der Waals surface area contributed by atoms with Crippen LogP contribution in [0, 0.1) is 13.8 Å². The Hall–Kier alpha value is -1.99. The van der Waals surface area contributed by atoms with Gasteiger partial charge < -0.3 is 8.98 Å². The number of hydrogen-bond donors (Lipinski definition) is 0. The van der Waals surface area contributed by atoms with E-state index in [0.717, 1.165) is 28.6 Å². The highest BCUT2D eigenvalue weighted by Gasteiger charge is 2.14. The molecule has 0 saturated heterocycles. The van der Waals surface area contributed by atoms with E-state index in [2.05, 4.69) is 25.5 Å². The smallest absolute Gasteiger partial charge is 0.264 e. The standard InChI is InChI=1S/C15H19N5OS/c1-10-9-22-14(16-10)8-19(3)7-13-17-18-15(21-13)12-6-5-11(2)20(12)4/h5-6,9H,7-8H2,1-4H3. The highest BCUT2D eigenvalue weighted by molar-refractivity contribution is 7.09. The lowest BCUT2D eigenvalue weighted by atomic mass is 10.4. The molecule has 0 saturated carbocycles. The van der Waals surface area contributed by atoms with E-state index in [1.807, 2.05) is 44.6 Å². The zero-order chi connectivity index (χ0) is 15.7. The second kappa shape index (κ2) is 6.02. The number of hydrogen-bond acceptors (Lipinski definition) is 6. The summed E-state index contributed by atoms with van der Waals surface area (Å²) in [5, 5.41) is 11.4. The summed E-state index contributed by atoms with van der Waals surface area (Å²) in [6.07, 6.45) is 0. The van der Waals surface area contributed by atoms with E-state index in [1.54, 1.807) is 11.3 Å². The van der Waals surface area contributed by atoms with Crippen LogP contribution in [0.2, 0.25) is 0 Å². The van der Waals surface area contributed by atoms with Crippen LogP contribution in [0.5, 0.6) is 0 Å². The molecule has 3 aromatic rings. The lowest BCUT2D eigenvalue weighted by Crippen LogP contribution is -2.17. The van der Waals surface area contributed by atoms with Crippen molar-refractivity contribution in [2.45, 2.75) is 26.9 Å². The third-order valence-electron chi connectivity index (χ3n) is 3.54.